The molecule has 128 valence electrons. The molecule has 0 aromatic heterocycles. The summed E-state index contributed by atoms with van der Waals surface area (Å²) in [6.07, 6.45) is -0.216. The number of ether oxygens (including phenoxy) is 1. The maximum Gasteiger partial charge on any atom is 0.315 e. The van der Waals surface area contributed by atoms with Crippen molar-refractivity contribution in [3.05, 3.63) is 71.8 Å². The highest BCUT2D eigenvalue weighted by Crippen LogP contribution is 2.19. The first-order valence-corrected chi connectivity index (χ1v) is 7.90. The number of nitrogens with one attached hydrogen (secondary N) is 2. The molecule has 0 radical (unpaired) electrons. The van der Waals surface area contributed by atoms with Gasteiger partial charge in [0.05, 0.1) is 12.6 Å². The second kappa shape index (κ2) is 8.47. The monoisotopic (exact) mass is 328 g/mol. The summed E-state index contributed by atoms with van der Waals surface area (Å²) in [5, 5.41) is 15.9. The number of methoxy groups -OCH3 is 1. The van der Waals surface area contributed by atoms with Crippen molar-refractivity contribution in [2.24, 2.45) is 0 Å². The predicted molar refractivity (Wildman–Crippen MR) is 93.6 cm³/mol. The number of carbonyl (C=O) groups is 1. The van der Waals surface area contributed by atoms with Crippen molar-refractivity contribution >= 4 is 6.03 Å². The molecule has 2 aromatic rings. The van der Waals surface area contributed by atoms with Gasteiger partial charge in [-0.2, -0.15) is 0 Å². The van der Waals surface area contributed by atoms with E-state index in [0.717, 1.165) is 11.1 Å². The van der Waals surface area contributed by atoms with Crippen molar-refractivity contribution in [2.75, 3.05) is 20.2 Å². The van der Waals surface area contributed by atoms with E-state index in [1.54, 1.807) is 14.0 Å². The van der Waals surface area contributed by atoms with Gasteiger partial charge in [-0.05, 0) is 18.1 Å². The van der Waals surface area contributed by atoms with Crippen LogP contribution in [0.2, 0.25) is 0 Å². The van der Waals surface area contributed by atoms with Crippen molar-refractivity contribution < 1.29 is 14.6 Å². The van der Waals surface area contributed by atoms with E-state index in [2.05, 4.69) is 10.6 Å². The lowest BCUT2D eigenvalue weighted by molar-refractivity contribution is 0.0589. The molecule has 0 aliphatic carbocycles. The van der Waals surface area contributed by atoms with Gasteiger partial charge < -0.3 is 20.5 Å². The number of aliphatic hydroxyl groups is 1. The first kappa shape index (κ1) is 18.0. The Labute approximate surface area is 142 Å². The first-order chi connectivity index (χ1) is 11.5. The number of amides is 2. The molecule has 2 rings (SSSR count). The number of carbonyl (C=O) groups excluding carboxylic acids is 1. The highest BCUT2D eigenvalue weighted by Gasteiger charge is 2.23. The van der Waals surface area contributed by atoms with Gasteiger partial charge in [-0.1, -0.05) is 60.7 Å². The third-order valence-corrected chi connectivity index (χ3v) is 3.89. The van der Waals surface area contributed by atoms with Crippen LogP contribution in [0.4, 0.5) is 4.79 Å². The van der Waals surface area contributed by atoms with Crippen molar-refractivity contribution in [1.82, 2.24) is 10.6 Å². The minimum absolute atomic E-state index is 0.117. The standard InChI is InChI=1S/C19H24N2O3/c1-19(23,16-11-7-4-8-12-16)14-21-18(22)20-13-17(24-2)15-9-5-3-6-10-15/h3-12,17,23H,13-14H2,1-2H3,(H2,20,21,22). The van der Waals surface area contributed by atoms with Crippen LogP contribution >= 0.6 is 0 Å². The third-order valence-electron chi connectivity index (χ3n) is 3.89. The van der Waals surface area contributed by atoms with Crippen molar-refractivity contribution in [3.63, 3.8) is 0 Å². The van der Waals surface area contributed by atoms with Crippen molar-refractivity contribution in [2.45, 2.75) is 18.6 Å². The van der Waals surface area contributed by atoms with Gasteiger partial charge in [0.2, 0.25) is 0 Å². The SMILES string of the molecule is COC(CNC(=O)NCC(C)(O)c1ccccc1)c1ccccc1. The molecule has 0 aliphatic heterocycles. The summed E-state index contributed by atoms with van der Waals surface area (Å²) in [7, 11) is 1.61. The molecule has 0 aliphatic rings. The number of hydrogen-bond acceptors (Lipinski definition) is 3. The second-order valence-electron chi connectivity index (χ2n) is 5.84. The Morgan fingerprint density at radius 3 is 2.25 bits per heavy atom. The number of hydrogen-bond donors (Lipinski definition) is 3. The first-order valence-electron chi connectivity index (χ1n) is 7.90. The molecular formula is C19H24N2O3. The van der Waals surface area contributed by atoms with Crippen LogP contribution in [0.5, 0.6) is 0 Å². The summed E-state index contributed by atoms with van der Waals surface area (Å²) in [5.74, 6) is 0. The Hall–Kier alpha value is -2.37. The summed E-state index contributed by atoms with van der Waals surface area (Å²) in [6.45, 7) is 2.14. The number of urea groups is 1. The van der Waals surface area contributed by atoms with E-state index in [-0.39, 0.29) is 18.7 Å². The van der Waals surface area contributed by atoms with Crippen LogP contribution in [0.15, 0.2) is 60.7 Å². The summed E-state index contributed by atoms with van der Waals surface area (Å²) < 4.78 is 5.41. The Morgan fingerprint density at radius 2 is 1.67 bits per heavy atom. The zero-order chi connectivity index (χ0) is 17.4. The van der Waals surface area contributed by atoms with Crippen LogP contribution in [0, 0.1) is 0 Å². The van der Waals surface area contributed by atoms with E-state index in [4.69, 9.17) is 4.74 Å². The fourth-order valence-corrected chi connectivity index (χ4v) is 2.40. The maximum atomic E-state index is 12.0. The molecule has 2 atom stereocenters. The molecule has 24 heavy (non-hydrogen) atoms. The summed E-state index contributed by atoms with van der Waals surface area (Å²) >= 11 is 0. The average molecular weight is 328 g/mol. The molecule has 3 N–H and O–H groups in total. The largest absolute Gasteiger partial charge is 0.384 e. The normalized spacial score (nSPS) is 14.5. The Balaban J connectivity index is 1.83. The molecule has 5 nitrogen and oxygen atoms in total. The van der Waals surface area contributed by atoms with E-state index in [1.807, 2.05) is 60.7 Å². The van der Waals surface area contributed by atoms with Crippen LogP contribution in [-0.2, 0) is 10.3 Å². The summed E-state index contributed by atoms with van der Waals surface area (Å²) in [5.41, 5.74) is 0.625. The van der Waals surface area contributed by atoms with Crippen LogP contribution < -0.4 is 10.6 Å². The average Bonchev–Trinajstić information content (AvgIpc) is 2.62. The second-order valence-corrected chi connectivity index (χ2v) is 5.84. The molecule has 2 unspecified atom stereocenters. The summed E-state index contributed by atoms with van der Waals surface area (Å²) in [6, 6.07) is 18.6. The van der Waals surface area contributed by atoms with Crippen LogP contribution in [0.1, 0.15) is 24.2 Å². The van der Waals surface area contributed by atoms with E-state index in [9.17, 15) is 9.90 Å². The lowest BCUT2D eigenvalue weighted by atomic mass is 9.96. The molecule has 2 amide bonds. The maximum absolute atomic E-state index is 12.0. The predicted octanol–water partition coefficient (Wildman–Crippen LogP) is 2.58. The molecule has 2 aromatic carbocycles. The van der Waals surface area contributed by atoms with E-state index in [0.29, 0.717) is 6.54 Å². The quantitative estimate of drug-likeness (QED) is 0.731. The van der Waals surface area contributed by atoms with E-state index in [1.165, 1.54) is 0 Å². The minimum Gasteiger partial charge on any atom is -0.384 e. The third kappa shape index (κ3) is 5.08. The Morgan fingerprint density at radius 1 is 1.08 bits per heavy atom. The van der Waals surface area contributed by atoms with Gasteiger partial charge >= 0.3 is 6.03 Å². The fraction of sp³-hybridized carbons (Fsp3) is 0.316. The molecule has 0 heterocycles. The van der Waals surface area contributed by atoms with Crippen LogP contribution in [-0.4, -0.2) is 31.3 Å². The van der Waals surface area contributed by atoms with Gasteiger partial charge in [-0.25, -0.2) is 4.79 Å². The molecule has 0 saturated carbocycles. The van der Waals surface area contributed by atoms with Crippen molar-refractivity contribution in [3.8, 4) is 0 Å². The minimum atomic E-state index is -1.13. The Bertz CT molecular complexity index is 630. The molecule has 0 saturated heterocycles. The lowest BCUT2D eigenvalue weighted by Crippen LogP contribution is -2.44. The highest BCUT2D eigenvalue weighted by atomic mass is 16.5. The fourth-order valence-electron chi connectivity index (χ4n) is 2.40. The van der Waals surface area contributed by atoms with Gasteiger partial charge in [-0.3, -0.25) is 0 Å². The molecule has 5 heteroatoms. The molecule has 0 spiro atoms. The van der Waals surface area contributed by atoms with Gasteiger partial charge in [0.1, 0.15) is 5.60 Å². The number of benzene rings is 2. The van der Waals surface area contributed by atoms with E-state index < -0.39 is 5.60 Å². The zero-order valence-corrected chi connectivity index (χ0v) is 14.0. The van der Waals surface area contributed by atoms with Gasteiger partial charge in [0.15, 0.2) is 0 Å². The summed E-state index contributed by atoms with van der Waals surface area (Å²) in [4.78, 5) is 12.0. The molecule has 0 fully saturated rings. The zero-order valence-electron chi connectivity index (χ0n) is 14.0. The highest BCUT2D eigenvalue weighted by molar-refractivity contribution is 5.74. The molecular weight excluding hydrogens is 304 g/mol. The van der Waals surface area contributed by atoms with Gasteiger partial charge in [0.25, 0.3) is 0 Å². The molecule has 0 bridgehead atoms. The van der Waals surface area contributed by atoms with Gasteiger partial charge in [-0.15, -0.1) is 0 Å². The van der Waals surface area contributed by atoms with Crippen LogP contribution in [0.3, 0.4) is 0 Å². The Kier molecular flexibility index (Phi) is 6.35. The lowest BCUT2D eigenvalue weighted by Gasteiger charge is -2.24. The van der Waals surface area contributed by atoms with E-state index >= 15 is 0 Å². The number of rotatable bonds is 7. The van der Waals surface area contributed by atoms with Gasteiger partial charge in [0, 0.05) is 13.7 Å². The van der Waals surface area contributed by atoms with Crippen molar-refractivity contribution in [1.29, 1.82) is 0 Å². The smallest absolute Gasteiger partial charge is 0.315 e. The topological polar surface area (TPSA) is 70.6 Å². The van der Waals surface area contributed by atoms with Crippen LogP contribution in [0.25, 0.3) is 0 Å².